The molecule has 1 aliphatic rings. The Labute approximate surface area is 124 Å². The van der Waals surface area contributed by atoms with E-state index < -0.39 is 5.97 Å². The van der Waals surface area contributed by atoms with Gasteiger partial charge >= 0.3 is 5.97 Å². The average molecular weight is 336 g/mol. The van der Waals surface area contributed by atoms with E-state index in [-0.39, 0.29) is 11.6 Å². The fourth-order valence-corrected chi connectivity index (χ4v) is 2.63. The van der Waals surface area contributed by atoms with Gasteiger partial charge in [-0.2, -0.15) is 0 Å². The van der Waals surface area contributed by atoms with Gasteiger partial charge in [-0.15, -0.1) is 5.10 Å². The Morgan fingerprint density at radius 1 is 1.35 bits per heavy atom. The van der Waals surface area contributed by atoms with E-state index >= 15 is 0 Å². The molecule has 0 saturated heterocycles. The van der Waals surface area contributed by atoms with Gasteiger partial charge < -0.3 is 5.11 Å². The van der Waals surface area contributed by atoms with Crippen molar-refractivity contribution in [2.24, 2.45) is 0 Å². The van der Waals surface area contributed by atoms with Gasteiger partial charge in [-0.25, -0.2) is 9.48 Å². The zero-order chi connectivity index (χ0) is 14.4. The lowest BCUT2D eigenvalue weighted by atomic mass is 10.1. The molecule has 6 heteroatoms. The summed E-state index contributed by atoms with van der Waals surface area (Å²) in [4.78, 5) is 11.3. The zero-order valence-electron chi connectivity index (χ0n) is 11.2. The molecule has 0 bridgehead atoms. The van der Waals surface area contributed by atoms with Gasteiger partial charge in [-0.1, -0.05) is 21.1 Å². The minimum atomic E-state index is -1.01. The van der Waals surface area contributed by atoms with Crippen LogP contribution in [0, 0.1) is 13.8 Å². The highest BCUT2D eigenvalue weighted by molar-refractivity contribution is 9.10. The number of carboxylic acids is 1. The van der Waals surface area contributed by atoms with Gasteiger partial charge in [0.15, 0.2) is 5.69 Å². The molecule has 1 saturated carbocycles. The Morgan fingerprint density at radius 2 is 1.95 bits per heavy atom. The van der Waals surface area contributed by atoms with E-state index in [0.717, 1.165) is 39.8 Å². The van der Waals surface area contributed by atoms with Crippen molar-refractivity contribution in [3.8, 4) is 5.69 Å². The van der Waals surface area contributed by atoms with Crippen LogP contribution >= 0.6 is 15.9 Å². The summed E-state index contributed by atoms with van der Waals surface area (Å²) in [5.41, 5.74) is 3.85. The number of hydrogen-bond acceptors (Lipinski definition) is 3. The van der Waals surface area contributed by atoms with E-state index in [4.69, 9.17) is 0 Å². The number of aryl methyl sites for hydroxylation is 2. The molecule has 1 aliphatic carbocycles. The second-order valence-corrected chi connectivity index (χ2v) is 6.00. The van der Waals surface area contributed by atoms with Gasteiger partial charge in [0.1, 0.15) is 0 Å². The Hall–Kier alpha value is -1.69. The minimum Gasteiger partial charge on any atom is -0.476 e. The molecule has 0 unspecified atom stereocenters. The lowest BCUT2D eigenvalue weighted by Crippen LogP contribution is -2.06. The number of carbonyl (C=O) groups is 1. The average Bonchev–Trinajstić information content (AvgIpc) is 3.13. The molecule has 0 aliphatic heterocycles. The highest BCUT2D eigenvalue weighted by Crippen LogP contribution is 2.42. The summed E-state index contributed by atoms with van der Waals surface area (Å²) in [6, 6.07) is 3.98. The third-order valence-corrected chi connectivity index (χ3v) is 4.79. The second kappa shape index (κ2) is 4.70. The molecule has 0 spiro atoms. The van der Waals surface area contributed by atoms with Crippen molar-refractivity contribution < 1.29 is 9.90 Å². The summed E-state index contributed by atoms with van der Waals surface area (Å²) < 4.78 is 2.74. The van der Waals surface area contributed by atoms with E-state index in [0.29, 0.717) is 0 Å². The molecule has 0 radical (unpaired) electrons. The maximum atomic E-state index is 11.3. The van der Waals surface area contributed by atoms with Gasteiger partial charge in [0.25, 0.3) is 0 Å². The number of aromatic carboxylic acids is 1. The van der Waals surface area contributed by atoms with Crippen molar-refractivity contribution in [1.29, 1.82) is 0 Å². The lowest BCUT2D eigenvalue weighted by Gasteiger charge is -2.10. The number of hydrogen-bond donors (Lipinski definition) is 1. The predicted molar refractivity (Wildman–Crippen MR) is 77.5 cm³/mol. The number of carboxylic acid groups (broad SMARTS) is 1. The van der Waals surface area contributed by atoms with E-state index in [1.165, 1.54) is 0 Å². The van der Waals surface area contributed by atoms with Crippen LogP contribution in [0.4, 0.5) is 0 Å². The van der Waals surface area contributed by atoms with Crippen LogP contribution in [0.15, 0.2) is 16.6 Å². The number of rotatable bonds is 3. The smallest absolute Gasteiger partial charge is 0.358 e. The van der Waals surface area contributed by atoms with E-state index in [1.54, 1.807) is 4.68 Å². The summed E-state index contributed by atoms with van der Waals surface area (Å²) in [6.07, 6.45) is 2.00. The Morgan fingerprint density at radius 3 is 2.45 bits per heavy atom. The maximum absolute atomic E-state index is 11.3. The summed E-state index contributed by atoms with van der Waals surface area (Å²) in [6.45, 7) is 4.01. The topological polar surface area (TPSA) is 68.0 Å². The Balaban J connectivity index is 2.17. The fourth-order valence-electron chi connectivity index (χ4n) is 2.40. The molecule has 0 atom stereocenters. The van der Waals surface area contributed by atoms with Crippen molar-refractivity contribution in [1.82, 2.24) is 15.0 Å². The van der Waals surface area contributed by atoms with E-state index in [9.17, 15) is 9.90 Å². The predicted octanol–water partition coefficient (Wildman–Crippen LogP) is 3.22. The third kappa shape index (κ3) is 2.14. The zero-order valence-corrected chi connectivity index (χ0v) is 12.8. The number of aromatic nitrogens is 3. The van der Waals surface area contributed by atoms with Crippen LogP contribution in [0.2, 0.25) is 0 Å². The molecule has 3 rings (SSSR count). The molecular formula is C14H14BrN3O2. The van der Waals surface area contributed by atoms with E-state index in [2.05, 4.69) is 26.2 Å². The highest BCUT2D eigenvalue weighted by Gasteiger charge is 2.34. The van der Waals surface area contributed by atoms with Crippen molar-refractivity contribution in [3.63, 3.8) is 0 Å². The second-order valence-electron chi connectivity index (χ2n) is 5.21. The van der Waals surface area contributed by atoms with Crippen molar-refractivity contribution >= 4 is 21.9 Å². The lowest BCUT2D eigenvalue weighted by molar-refractivity contribution is 0.0689. The number of benzene rings is 1. The monoisotopic (exact) mass is 335 g/mol. The molecular weight excluding hydrogens is 322 g/mol. The molecule has 1 aromatic heterocycles. The fraction of sp³-hybridized carbons (Fsp3) is 0.357. The molecule has 1 fully saturated rings. The van der Waals surface area contributed by atoms with Crippen LogP contribution in [-0.2, 0) is 0 Å². The Bertz CT molecular complexity index is 681. The van der Waals surface area contributed by atoms with Gasteiger partial charge in [-0.3, -0.25) is 0 Å². The molecule has 5 nitrogen and oxygen atoms in total. The van der Waals surface area contributed by atoms with Crippen molar-refractivity contribution in [2.75, 3.05) is 0 Å². The first-order valence-electron chi connectivity index (χ1n) is 6.45. The van der Waals surface area contributed by atoms with Gasteiger partial charge in [-0.05, 0) is 49.9 Å². The highest BCUT2D eigenvalue weighted by atomic mass is 79.9. The molecule has 2 aromatic rings. The van der Waals surface area contributed by atoms with Crippen molar-refractivity contribution in [3.05, 3.63) is 39.1 Å². The normalized spacial score (nSPS) is 14.6. The van der Waals surface area contributed by atoms with Crippen LogP contribution in [0.5, 0.6) is 0 Å². The summed E-state index contributed by atoms with van der Waals surface area (Å²) >= 11 is 3.53. The molecule has 20 heavy (non-hydrogen) atoms. The number of nitrogens with zero attached hydrogens (tertiary/aromatic N) is 3. The quantitative estimate of drug-likeness (QED) is 0.934. The van der Waals surface area contributed by atoms with Crippen LogP contribution < -0.4 is 0 Å². The van der Waals surface area contributed by atoms with Crippen LogP contribution in [0.3, 0.4) is 0 Å². The molecule has 0 amide bonds. The molecule has 1 aromatic carbocycles. The SMILES string of the molecule is Cc1cc(-n2nnc(C(=O)O)c2C2CC2)cc(C)c1Br. The summed E-state index contributed by atoms with van der Waals surface area (Å²) in [5.74, 6) is -0.746. The standard InChI is InChI=1S/C14H14BrN3O2/c1-7-5-10(6-8(2)11(7)15)18-13(9-3-4-9)12(14(19)20)16-17-18/h5-6,9H,3-4H2,1-2H3,(H,19,20). The maximum Gasteiger partial charge on any atom is 0.358 e. The van der Waals surface area contributed by atoms with Crippen molar-refractivity contribution in [2.45, 2.75) is 32.6 Å². The van der Waals surface area contributed by atoms with Gasteiger partial charge in [0.05, 0.1) is 11.4 Å². The minimum absolute atomic E-state index is 0.0747. The first-order chi connectivity index (χ1) is 9.49. The number of halogens is 1. The van der Waals surface area contributed by atoms with Crippen LogP contribution in [-0.4, -0.2) is 26.1 Å². The van der Waals surface area contributed by atoms with Gasteiger partial charge in [0, 0.05) is 10.4 Å². The molecule has 1 N–H and O–H groups in total. The molecule has 104 valence electrons. The summed E-state index contributed by atoms with van der Waals surface area (Å²) in [7, 11) is 0. The molecule has 1 heterocycles. The third-order valence-electron chi connectivity index (χ3n) is 3.54. The van der Waals surface area contributed by atoms with Crippen LogP contribution in [0.1, 0.15) is 46.1 Å². The van der Waals surface area contributed by atoms with Crippen LogP contribution in [0.25, 0.3) is 5.69 Å². The largest absolute Gasteiger partial charge is 0.476 e. The van der Waals surface area contributed by atoms with Gasteiger partial charge in [0.2, 0.25) is 0 Å². The summed E-state index contributed by atoms with van der Waals surface area (Å²) in [5, 5.41) is 17.1. The Kier molecular flexibility index (Phi) is 3.12. The first kappa shape index (κ1) is 13.3. The van der Waals surface area contributed by atoms with E-state index in [1.807, 2.05) is 26.0 Å². The first-order valence-corrected chi connectivity index (χ1v) is 7.24.